The van der Waals surface area contributed by atoms with Gasteiger partial charge in [0, 0.05) is 13.0 Å². The molecule has 1 atom stereocenters. The first kappa shape index (κ1) is 17.4. The number of nitrogens with two attached hydrogens (primary N) is 1. The van der Waals surface area contributed by atoms with Crippen molar-refractivity contribution in [2.45, 2.75) is 59.8 Å². The highest BCUT2D eigenvalue weighted by molar-refractivity contribution is 7.80. The van der Waals surface area contributed by atoms with E-state index in [9.17, 15) is 4.79 Å². The molecule has 0 aromatic carbocycles. The first-order chi connectivity index (χ1) is 8.20. The summed E-state index contributed by atoms with van der Waals surface area (Å²) in [5.74, 6) is 0.587. The number of thiocarbonyl (C=S) groups is 1. The van der Waals surface area contributed by atoms with Gasteiger partial charge >= 0.3 is 0 Å². The number of hydrogen-bond acceptors (Lipinski definition) is 2. The van der Waals surface area contributed by atoms with E-state index in [4.69, 9.17) is 18.0 Å². The van der Waals surface area contributed by atoms with Crippen LogP contribution in [0.3, 0.4) is 0 Å². The molecule has 18 heavy (non-hydrogen) atoms. The van der Waals surface area contributed by atoms with E-state index in [1.54, 1.807) is 0 Å². The van der Waals surface area contributed by atoms with E-state index in [1.807, 2.05) is 0 Å². The largest absolute Gasteiger partial charge is 0.393 e. The number of amides is 1. The predicted molar refractivity (Wildman–Crippen MR) is 81.5 cm³/mol. The Balaban J connectivity index is 3.62. The number of unbranched alkanes of at least 4 members (excludes halogenated alkanes) is 1. The third kappa shape index (κ3) is 11.8. The molecule has 0 radical (unpaired) electrons. The van der Waals surface area contributed by atoms with Crippen LogP contribution in [0.25, 0.3) is 0 Å². The van der Waals surface area contributed by atoms with Gasteiger partial charge in [-0.3, -0.25) is 4.79 Å². The molecule has 106 valence electrons. The molecule has 0 aliphatic heterocycles. The Hall–Kier alpha value is -0.640. The Bertz CT molecular complexity index is 271. The highest BCUT2D eigenvalue weighted by atomic mass is 32.1. The average molecular weight is 272 g/mol. The van der Waals surface area contributed by atoms with Gasteiger partial charge in [-0.1, -0.05) is 39.9 Å². The zero-order chi connectivity index (χ0) is 14.2. The number of carbonyl (C=O) groups is 1. The van der Waals surface area contributed by atoms with Crippen molar-refractivity contribution >= 4 is 23.1 Å². The molecule has 1 amide bonds. The van der Waals surface area contributed by atoms with Crippen LogP contribution in [0.1, 0.15) is 59.8 Å². The van der Waals surface area contributed by atoms with E-state index in [-0.39, 0.29) is 11.3 Å². The van der Waals surface area contributed by atoms with Gasteiger partial charge in [-0.25, -0.2) is 0 Å². The third-order valence-electron chi connectivity index (χ3n) is 2.67. The lowest BCUT2D eigenvalue weighted by Crippen LogP contribution is -2.27. The van der Waals surface area contributed by atoms with Gasteiger partial charge in [0.25, 0.3) is 0 Å². The smallest absolute Gasteiger partial charge is 0.220 e. The summed E-state index contributed by atoms with van der Waals surface area (Å²) in [5.41, 5.74) is 5.69. The Morgan fingerprint density at radius 3 is 2.44 bits per heavy atom. The second-order valence-electron chi connectivity index (χ2n) is 6.35. The Morgan fingerprint density at radius 2 is 1.94 bits per heavy atom. The minimum absolute atomic E-state index is 0.155. The molecular formula is C14H28N2OS. The first-order valence-corrected chi connectivity index (χ1v) is 7.16. The number of rotatable bonds is 8. The van der Waals surface area contributed by atoms with Crippen molar-refractivity contribution in [3.8, 4) is 0 Å². The van der Waals surface area contributed by atoms with E-state index in [0.717, 1.165) is 32.2 Å². The maximum atomic E-state index is 11.7. The van der Waals surface area contributed by atoms with E-state index in [0.29, 0.717) is 17.3 Å². The van der Waals surface area contributed by atoms with Crippen LogP contribution in [-0.4, -0.2) is 17.4 Å². The summed E-state index contributed by atoms with van der Waals surface area (Å²) in [6.07, 6.45) is 4.35. The van der Waals surface area contributed by atoms with Gasteiger partial charge in [0.05, 0.1) is 4.99 Å². The van der Waals surface area contributed by atoms with Crippen LogP contribution >= 0.6 is 12.2 Å². The van der Waals surface area contributed by atoms with Crippen molar-refractivity contribution in [3.63, 3.8) is 0 Å². The Labute approximate surface area is 117 Å². The first-order valence-electron chi connectivity index (χ1n) is 6.75. The van der Waals surface area contributed by atoms with Crippen molar-refractivity contribution in [1.82, 2.24) is 5.32 Å². The maximum Gasteiger partial charge on any atom is 0.220 e. The average Bonchev–Trinajstić information content (AvgIpc) is 2.12. The van der Waals surface area contributed by atoms with Crippen LogP contribution in [0.5, 0.6) is 0 Å². The summed E-state index contributed by atoms with van der Waals surface area (Å²) in [6.45, 7) is 9.48. The van der Waals surface area contributed by atoms with E-state index < -0.39 is 0 Å². The van der Waals surface area contributed by atoms with Gasteiger partial charge < -0.3 is 11.1 Å². The minimum Gasteiger partial charge on any atom is -0.393 e. The molecule has 0 heterocycles. The summed E-state index contributed by atoms with van der Waals surface area (Å²) < 4.78 is 0. The Morgan fingerprint density at radius 1 is 1.33 bits per heavy atom. The van der Waals surface area contributed by atoms with Gasteiger partial charge in [0.2, 0.25) is 5.91 Å². The minimum atomic E-state index is 0.155. The van der Waals surface area contributed by atoms with Crippen LogP contribution in [0.2, 0.25) is 0 Å². The monoisotopic (exact) mass is 272 g/mol. The van der Waals surface area contributed by atoms with Gasteiger partial charge in [-0.05, 0) is 37.0 Å². The second-order valence-corrected chi connectivity index (χ2v) is 6.87. The topological polar surface area (TPSA) is 55.1 Å². The number of hydrogen-bond donors (Lipinski definition) is 2. The standard InChI is InChI=1S/C14H28N2OS/c1-11(10-14(2,3)4)9-13(17)16-8-6-5-7-12(15)18/h11H,5-10H2,1-4H3,(H2,15,18)(H,16,17). The van der Waals surface area contributed by atoms with Gasteiger partial charge in [-0.2, -0.15) is 0 Å². The second kappa shape index (κ2) is 8.46. The molecule has 0 spiro atoms. The summed E-state index contributed by atoms with van der Waals surface area (Å²) >= 11 is 4.79. The molecule has 3 nitrogen and oxygen atoms in total. The number of nitrogens with one attached hydrogen (secondary N) is 1. The molecule has 0 aromatic rings. The predicted octanol–water partition coefficient (Wildman–Crippen LogP) is 3.02. The third-order valence-corrected chi connectivity index (χ3v) is 2.87. The summed E-state index contributed by atoms with van der Waals surface area (Å²) in [6, 6.07) is 0. The normalized spacial score (nSPS) is 13.1. The van der Waals surface area contributed by atoms with Gasteiger partial charge in [0.15, 0.2) is 0 Å². The quantitative estimate of drug-likeness (QED) is 0.527. The van der Waals surface area contributed by atoms with Gasteiger partial charge in [0.1, 0.15) is 0 Å². The maximum absolute atomic E-state index is 11.7. The van der Waals surface area contributed by atoms with Gasteiger partial charge in [-0.15, -0.1) is 0 Å². The van der Waals surface area contributed by atoms with E-state index in [1.165, 1.54) is 0 Å². The molecule has 0 bridgehead atoms. The molecule has 1 unspecified atom stereocenters. The lowest BCUT2D eigenvalue weighted by molar-refractivity contribution is -0.122. The van der Waals surface area contributed by atoms with E-state index in [2.05, 4.69) is 33.0 Å². The molecule has 0 saturated heterocycles. The van der Waals surface area contributed by atoms with Crippen LogP contribution in [0.4, 0.5) is 0 Å². The van der Waals surface area contributed by atoms with Crippen LogP contribution in [0, 0.1) is 11.3 Å². The molecule has 0 aromatic heterocycles. The van der Waals surface area contributed by atoms with Crippen molar-refractivity contribution in [2.75, 3.05) is 6.54 Å². The summed E-state index contributed by atoms with van der Waals surface area (Å²) in [5, 5.41) is 2.95. The highest BCUT2D eigenvalue weighted by Gasteiger charge is 2.17. The van der Waals surface area contributed by atoms with Crippen LogP contribution < -0.4 is 11.1 Å². The number of carbonyl (C=O) groups excluding carboxylic acids is 1. The molecule has 0 rings (SSSR count). The van der Waals surface area contributed by atoms with Crippen molar-refractivity contribution in [3.05, 3.63) is 0 Å². The zero-order valence-electron chi connectivity index (χ0n) is 12.2. The fraction of sp³-hybridized carbons (Fsp3) is 0.857. The fourth-order valence-corrected chi connectivity index (χ4v) is 2.30. The molecule has 0 saturated carbocycles. The SMILES string of the molecule is CC(CC(=O)NCCCCC(N)=S)CC(C)(C)C. The Kier molecular flexibility index (Phi) is 8.16. The van der Waals surface area contributed by atoms with Crippen LogP contribution in [-0.2, 0) is 4.79 Å². The molecule has 3 N–H and O–H groups in total. The molecule has 0 fully saturated rings. The van der Waals surface area contributed by atoms with Crippen molar-refractivity contribution in [1.29, 1.82) is 0 Å². The zero-order valence-corrected chi connectivity index (χ0v) is 13.0. The lowest BCUT2D eigenvalue weighted by Gasteiger charge is -2.22. The van der Waals surface area contributed by atoms with E-state index >= 15 is 0 Å². The van der Waals surface area contributed by atoms with Crippen molar-refractivity contribution < 1.29 is 4.79 Å². The molecular weight excluding hydrogens is 244 g/mol. The molecule has 0 aliphatic rings. The van der Waals surface area contributed by atoms with Crippen molar-refractivity contribution in [2.24, 2.45) is 17.1 Å². The lowest BCUT2D eigenvalue weighted by atomic mass is 9.84. The van der Waals surface area contributed by atoms with Crippen LogP contribution in [0.15, 0.2) is 0 Å². The fourth-order valence-electron chi connectivity index (χ4n) is 2.16. The highest BCUT2D eigenvalue weighted by Crippen LogP contribution is 2.25. The summed E-state index contributed by atoms with van der Waals surface area (Å²) in [7, 11) is 0. The molecule has 0 aliphatic carbocycles. The summed E-state index contributed by atoms with van der Waals surface area (Å²) in [4.78, 5) is 12.2. The molecule has 4 heteroatoms.